The van der Waals surface area contributed by atoms with Crippen molar-refractivity contribution in [1.82, 2.24) is 9.21 Å². The first-order valence-electron chi connectivity index (χ1n) is 10.5. The SMILES string of the molecule is N#CCCN(CC(=O)Nc1ccc(S(=O)(=O)N2CCCCCC2)cc1)Cc1ccco1. The number of hydrogen-bond acceptors (Lipinski definition) is 6. The van der Waals surface area contributed by atoms with Crippen molar-refractivity contribution in [2.75, 3.05) is 31.5 Å². The molecule has 0 atom stereocenters. The molecule has 0 saturated carbocycles. The molecule has 166 valence electrons. The summed E-state index contributed by atoms with van der Waals surface area (Å²) in [4.78, 5) is 14.6. The van der Waals surface area contributed by atoms with Crippen LogP contribution in [0.3, 0.4) is 0 Å². The molecular weight excluding hydrogens is 416 g/mol. The molecule has 3 rings (SSSR count). The summed E-state index contributed by atoms with van der Waals surface area (Å²) >= 11 is 0. The van der Waals surface area contributed by atoms with Gasteiger partial charge in [-0.15, -0.1) is 0 Å². The van der Waals surface area contributed by atoms with Gasteiger partial charge in [-0.3, -0.25) is 9.69 Å². The fourth-order valence-electron chi connectivity index (χ4n) is 3.59. The van der Waals surface area contributed by atoms with Crippen LogP contribution in [0.1, 0.15) is 37.9 Å². The Labute approximate surface area is 183 Å². The number of nitriles is 1. The average Bonchev–Trinajstić information content (AvgIpc) is 3.10. The Morgan fingerprint density at radius 2 is 1.84 bits per heavy atom. The number of carbonyl (C=O) groups is 1. The minimum Gasteiger partial charge on any atom is -0.468 e. The first kappa shape index (κ1) is 23.0. The second kappa shape index (κ2) is 11.1. The first-order chi connectivity index (χ1) is 15.0. The van der Waals surface area contributed by atoms with Crippen LogP contribution in [-0.2, 0) is 21.4 Å². The molecule has 31 heavy (non-hydrogen) atoms. The largest absolute Gasteiger partial charge is 0.468 e. The maximum Gasteiger partial charge on any atom is 0.243 e. The third kappa shape index (κ3) is 6.66. The smallest absolute Gasteiger partial charge is 0.243 e. The van der Waals surface area contributed by atoms with E-state index in [2.05, 4.69) is 11.4 Å². The summed E-state index contributed by atoms with van der Waals surface area (Å²) in [5, 5.41) is 11.7. The monoisotopic (exact) mass is 444 g/mol. The van der Waals surface area contributed by atoms with E-state index in [-0.39, 0.29) is 17.3 Å². The van der Waals surface area contributed by atoms with Crippen molar-refractivity contribution in [2.45, 2.75) is 43.5 Å². The summed E-state index contributed by atoms with van der Waals surface area (Å²) in [6.45, 7) is 2.06. The lowest BCUT2D eigenvalue weighted by molar-refractivity contribution is -0.117. The number of sulfonamides is 1. The Kier molecular flexibility index (Phi) is 8.23. The molecule has 1 aromatic heterocycles. The summed E-state index contributed by atoms with van der Waals surface area (Å²) < 4.78 is 32.6. The van der Waals surface area contributed by atoms with E-state index in [1.54, 1.807) is 28.8 Å². The van der Waals surface area contributed by atoms with Crippen LogP contribution in [0.4, 0.5) is 5.69 Å². The standard InChI is InChI=1S/C22H28N4O4S/c23-12-6-13-25(17-20-7-5-16-30-20)18-22(27)24-19-8-10-21(11-9-19)31(28,29)26-14-3-1-2-4-15-26/h5,7-11,16H,1-4,6,13-15,17-18H2,(H,24,27). The van der Waals surface area contributed by atoms with Crippen LogP contribution >= 0.6 is 0 Å². The molecule has 1 fully saturated rings. The Balaban J connectivity index is 1.60. The van der Waals surface area contributed by atoms with Crippen LogP contribution in [0.15, 0.2) is 52.0 Å². The van der Waals surface area contributed by atoms with Crippen LogP contribution in [-0.4, -0.2) is 49.7 Å². The maximum absolute atomic E-state index is 12.9. The van der Waals surface area contributed by atoms with Crippen LogP contribution in [0.5, 0.6) is 0 Å². The highest BCUT2D eigenvalue weighted by atomic mass is 32.2. The lowest BCUT2D eigenvalue weighted by Gasteiger charge is -2.20. The molecule has 0 radical (unpaired) electrons. The van der Waals surface area contributed by atoms with Gasteiger partial charge >= 0.3 is 0 Å². The van der Waals surface area contributed by atoms with Crippen LogP contribution in [0, 0.1) is 11.3 Å². The molecule has 2 aromatic rings. The molecule has 2 heterocycles. The van der Waals surface area contributed by atoms with E-state index in [1.165, 1.54) is 12.1 Å². The number of nitrogens with zero attached hydrogens (tertiary/aromatic N) is 3. The van der Waals surface area contributed by atoms with Crippen molar-refractivity contribution in [3.05, 3.63) is 48.4 Å². The quantitative estimate of drug-likeness (QED) is 0.637. The average molecular weight is 445 g/mol. The second-order valence-corrected chi connectivity index (χ2v) is 9.53. The van der Waals surface area contributed by atoms with Crippen LogP contribution in [0.25, 0.3) is 0 Å². The zero-order valence-corrected chi connectivity index (χ0v) is 18.3. The normalized spacial score (nSPS) is 15.4. The van der Waals surface area contributed by atoms with Gasteiger partial charge in [-0.05, 0) is 49.2 Å². The molecule has 1 saturated heterocycles. The zero-order chi connectivity index (χ0) is 22.1. The number of carbonyl (C=O) groups excluding carboxylic acids is 1. The molecule has 1 aromatic carbocycles. The maximum atomic E-state index is 12.9. The summed E-state index contributed by atoms with van der Waals surface area (Å²) in [5.74, 6) is 0.474. The summed E-state index contributed by atoms with van der Waals surface area (Å²) in [6, 6.07) is 12.0. The van der Waals surface area contributed by atoms with Gasteiger partial charge in [0.2, 0.25) is 15.9 Å². The van der Waals surface area contributed by atoms with Crippen LogP contribution in [0.2, 0.25) is 0 Å². The van der Waals surface area contributed by atoms with Gasteiger partial charge in [0.15, 0.2) is 0 Å². The van der Waals surface area contributed by atoms with Crippen molar-refractivity contribution >= 4 is 21.6 Å². The molecular formula is C22H28N4O4S. The minimum atomic E-state index is -3.52. The number of benzene rings is 1. The highest BCUT2D eigenvalue weighted by molar-refractivity contribution is 7.89. The van der Waals surface area contributed by atoms with E-state index >= 15 is 0 Å². The molecule has 9 heteroatoms. The number of furan rings is 1. The third-order valence-electron chi connectivity index (χ3n) is 5.21. The van der Waals surface area contributed by atoms with Gasteiger partial charge in [0.25, 0.3) is 0 Å². The topological polar surface area (TPSA) is 107 Å². The van der Waals surface area contributed by atoms with E-state index in [1.807, 2.05) is 11.0 Å². The van der Waals surface area contributed by atoms with E-state index < -0.39 is 10.0 Å². The number of amides is 1. The fraction of sp³-hybridized carbons (Fsp3) is 0.455. The lowest BCUT2D eigenvalue weighted by Crippen LogP contribution is -2.33. The molecule has 8 nitrogen and oxygen atoms in total. The van der Waals surface area contributed by atoms with E-state index in [0.717, 1.165) is 25.7 Å². The Morgan fingerprint density at radius 3 is 2.45 bits per heavy atom. The number of hydrogen-bond donors (Lipinski definition) is 1. The molecule has 1 amide bonds. The molecule has 1 aliphatic heterocycles. The van der Waals surface area contributed by atoms with Gasteiger partial charge in [0.05, 0.1) is 30.3 Å². The molecule has 0 unspecified atom stereocenters. The first-order valence-corrected chi connectivity index (χ1v) is 11.9. The molecule has 0 bridgehead atoms. The lowest BCUT2D eigenvalue weighted by atomic mass is 10.2. The van der Waals surface area contributed by atoms with E-state index in [9.17, 15) is 13.2 Å². The predicted octanol–water partition coefficient (Wildman–Crippen LogP) is 3.20. The van der Waals surface area contributed by atoms with Crippen molar-refractivity contribution in [3.8, 4) is 6.07 Å². The molecule has 0 aliphatic carbocycles. The van der Waals surface area contributed by atoms with Gasteiger partial charge in [-0.2, -0.15) is 9.57 Å². The van der Waals surface area contributed by atoms with Gasteiger partial charge in [0.1, 0.15) is 5.76 Å². The van der Waals surface area contributed by atoms with Gasteiger partial charge < -0.3 is 9.73 Å². The van der Waals surface area contributed by atoms with Crippen molar-refractivity contribution in [2.24, 2.45) is 0 Å². The van der Waals surface area contributed by atoms with E-state index in [0.29, 0.717) is 44.0 Å². The van der Waals surface area contributed by atoms with Gasteiger partial charge in [-0.25, -0.2) is 8.42 Å². The van der Waals surface area contributed by atoms with Crippen molar-refractivity contribution in [1.29, 1.82) is 5.26 Å². The van der Waals surface area contributed by atoms with Crippen molar-refractivity contribution in [3.63, 3.8) is 0 Å². The van der Waals surface area contributed by atoms with Crippen LogP contribution < -0.4 is 5.32 Å². The third-order valence-corrected chi connectivity index (χ3v) is 7.12. The zero-order valence-electron chi connectivity index (χ0n) is 17.5. The Hall–Kier alpha value is -2.67. The molecule has 0 spiro atoms. The Morgan fingerprint density at radius 1 is 1.13 bits per heavy atom. The van der Waals surface area contributed by atoms with Crippen molar-refractivity contribution < 1.29 is 17.6 Å². The fourth-order valence-corrected chi connectivity index (χ4v) is 5.11. The summed E-state index contributed by atoms with van der Waals surface area (Å²) in [7, 11) is -3.52. The Bertz CT molecular complexity index is 974. The second-order valence-electron chi connectivity index (χ2n) is 7.59. The summed E-state index contributed by atoms with van der Waals surface area (Å²) in [6.07, 6.45) is 5.75. The number of anilines is 1. The number of rotatable bonds is 9. The molecule has 1 N–H and O–H groups in total. The summed E-state index contributed by atoms with van der Waals surface area (Å²) in [5.41, 5.74) is 0.526. The van der Waals surface area contributed by atoms with Gasteiger partial charge in [0, 0.05) is 31.7 Å². The number of nitrogens with one attached hydrogen (secondary N) is 1. The predicted molar refractivity (Wildman–Crippen MR) is 117 cm³/mol. The minimum absolute atomic E-state index is 0.0935. The van der Waals surface area contributed by atoms with Gasteiger partial charge in [-0.1, -0.05) is 12.8 Å². The molecule has 1 aliphatic rings. The highest BCUT2D eigenvalue weighted by Gasteiger charge is 2.25. The highest BCUT2D eigenvalue weighted by Crippen LogP contribution is 2.22. The van der Waals surface area contributed by atoms with E-state index in [4.69, 9.17) is 9.68 Å².